The molecule has 1 aliphatic rings. The summed E-state index contributed by atoms with van der Waals surface area (Å²) in [7, 11) is 0. The van der Waals surface area contributed by atoms with Crippen LogP contribution in [0, 0.1) is 0 Å². The number of phenolic OH excluding ortho intramolecular Hbond substituents is 1. The predicted octanol–water partition coefficient (Wildman–Crippen LogP) is 1.45. The summed E-state index contributed by atoms with van der Waals surface area (Å²) in [6.07, 6.45) is 0.691. The molecule has 1 fully saturated rings. The van der Waals surface area contributed by atoms with Gasteiger partial charge in [0.2, 0.25) is 0 Å². The molecule has 1 amide bonds. The van der Waals surface area contributed by atoms with Crippen molar-refractivity contribution in [1.82, 2.24) is 5.32 Å². The van der Waals surface area contributed by atoms with E-state index in [-0.39, 0.29) is 25.4 Å². The van der Waals surface area contributed by atoms with Gasteiger partial charge in [-0.1, -0.05) is 36.4 Å². The van der Waals surface area contributed by atoms with Gasteiger partial charge < -0.3 is 30.5 Å². The molecule has 1 saturated heterocycles. The van der Waals surface area contributed by atoms with Crippen LogP contribution in [-0.2, 0) is 20.7 Å². The summed E-state index contributed by atoms with van der Waals surface area (Å²) in [4.78, 5) is 24.5. The first-order chi connectivity index (χ1) is 14.3. The molecule has 0 spiro atoms. The number of carbonyl (C=O) groups is 2. The molecule has 0 aliphatic carbocycles. The minimum atomic E-state index is -1.86. The summed E-state index contributed by atoms with van der Waals surface area (Å²) in [5, 5.41) is 41.0. The molecule has 0 radical (unpaired) electrons. The van der Waals surface area contributed by atoms with Crippen LogP contribution in [0.3, 0.4) is 0 Å². The number of carbonyl (C=O) groups excluding carboxylic acids is 1. The Kier molecular flexibility index (Phi) is 6.71. The molecule has 8 heteroatoms. The van der Waals surface area contributed by atoms with Crippen molar-refractivity contribution >= 4 is 11.9 Å². The number of amides is 1. The summed E-state index contributed by atoms with van der Waals surface area (Å²) < 4.78 is 5.56. The summed E-state index contributed by atoms with van der Waals surface area (Å²) >= 11 is 0. The van der Waals surface area contributed by atoms with Crippen molar-refractivity contribution < 1.29 is 34.8 Å². The predicted molar refractivity (Wildman–Crippen MR) is 107 cm³/mol. The number of phenols is 1. The minimum absolute atomic E-state index is 0.0317. The lowest BCUT2D eigenvalue weighted by atomic mass is 9.94. The van der Waals surface area contributed by atoms with Crippen LogP contribution < -0.4 is 5.32 Å². The Morgan fingerprint density at radius 2 is 1.80 bits per heavy atom. The highest BCUT2D eigenvalue weighted by Gasteiger charge is 2.46. The first kappa shape index (κ1) is 21.8. The molecule has 160 valence electrons. The van der Waals surface area contributed by atoms with Gasteiger partial charge in [0.15, 0.2) is 11.6 Å². The zero-order valence-corrected chi connectivity index (χ0v) is 16.3. The minimum Gasteiger partial charge on any atom is -0.508 e. The van der Waals surface area contributed by atoms with E-state index in [4.69, 9.17) is 9.84 Å². The second-order valence-electron chi connectivity index (χ2n) is 7.44. The van der Waals surface area contributed by atoms with Gasteiger partial charge in [-0.25, -0.2) is 4.79 Å². The van der Waals surface area contributed by atoms with Gasteiger partial charge in [0.05, 0.1) is 12.7 Å². The van der Waals surface area contributed by atoms with Crippen LogP contribution in [0.5, 0.6) is 5.75 Å². The van der Waals surface area contributed by atoms with Crippen molar-refractivity contribution in [2.45, 2.75) is 37.0 Å². The number of hydrogen-bond acceptors (Lipinski definition) is 6. The Morgan fingerprint density at radius 3 is 2.40 bits per heavy atom. The second kappa shape index (κ2) is 9.25. The maximum absolute atomic E-state index is 12.7. The second-order valence-corrected chi connectivity index (χ2v) is 7.44. The number of rotatable bonds is 8. The van der Waals surface area contributed by atoms with Crippen LogP contribution in [0.25, 0.3) is 0 Å². The van der Waals surface area contributed by atoms with E-state index in [1.807, 2.05) is 0 Å². The number of aliphatic hydroxyl groups excluding tert-OH is 1. The van der Waals surface area contributed by atoms with Gasteiger partial charge in [-0.05, 0) is 41.7 Å². The number of benzene rings is 2. The zero-order chi connectivity index (χ0) is 21.7. The fraction of sp³-hybridized carbons (Fsp3) is 0.364. The highest BCUT2D eigenvalue weighted by molar-refractivity contribution is 5.90. The lowest BCUT2D eigenvalue weighted by Crippen LogP contribution is -2.49. The molecular weight excluding hydrogens is 390 g/mol. The average molecular weight is 415 g/mol. The van der Waals surface area contributed by atoms with Crippen molar-refractivity contribution in [1.29, 1.82) is 0 Å². The first-order valence-corrected chi connectivity index (χ1v) is 9.69. The van der Waals surface area contributed by atoms with Gasteiger partial charge in [-0.15, -0.1) is 0 Å². The number of aromatic hydroxyl groups is 1. The van der Waals surface area contributed by atoms with Crippen molar-refractivity contribution in [2.24, 2.45) is 0 Å². The third-order valence-electron chi connectivity index (χ3n) is 5.19. The molecule has 3 atom stereocenters. The highest BCUT2D eigenvalue weighted by Crippen LogP contribution is 2.36. The molecule has 0 unspecified atom stereocenters. The lowest BCUT2D eigenvalue weighted by molar-refractivity contribution is -0.147. The fourth-order valence-corrected chi connectivity index (χ4v) is 3.44. The van der Waals surface area contributed by atoms with Gasteiger partial charge in [0.1, 0.15) is 5.75 Å². The number of aliphatic carboxylic acids is 1. The van der Waals surface area contributed by atoms with E-state index >= 15 is 0 Å². The van der Waals surface area contributed by atoms with E-state index in [2.05, 4.69) is 5.32 Å². The quantitative estimate of drug-likeness (QED) is 0.440. The maximum Gasteiger partial charge on any atom is 0.330 e. The van der Waals surface area contributed by atoms with E-state index < -0.39 is 29.6 Å². The van der Waals surface area contributed by atoms with Gasteiger partial charge in [-0.2, -0.15) is 0 Å². The smallest absolute Gasteiger partial charge is 0.330 e. The third-order valence-corrected chi connectivity index (χ3v) is 5.19. The maximum atomic E-state index is 12.7. The van der Waals surface area contributed by atoms with Crippen LogP contribution in [-0.4, -0.2) is 51.1 Å². The van der Waals surface area contributed by atoms with Gasteiger partial charge in [-0.3, -0.25) is 4.79 Å². The van der Waals surface area contributed by atoms with E-state index in [1.54, 1.807) is 36.4 Å². The summed E-state index contributed by atoms with van der Waals surface area (Å²) in [5.41, 5.74) is 0.158. The molecule has 0 saturated carbocycles. The van der Waals surface area contributed by atoms with Crippen LogP contribution in [0.15, 0.2) is 48.5 Å². The van der Waals surface area contributed by atoms with Crippen molar-refractivity contribution in [3.05, 3.63) is 65.2 Å². The van der Waals surface area contributed by atoms with E-state index in [9.17, 15) is 24.9 Å². The average Bonchev–Trinajstić information content (AvgIpc) is 3.14. The Morgan fingerprint density at radius 1 is 1.13 bits per heavy atom. The molecule has 2 aromatic carbocycles. The molecule has 0 aromatic heterocycles. The Bertz CT molecular complexity index is 881. The number of aliphatic hydroxyl groups is 2. The van der Waals surface area contributed by atoms with Crippen LogP contribution in [0.4, 0.5) is 0 Å². The number of ether oxygens (including phenoxy) is 1. The number of hydrogen-bond donors (Lipinski definition) is 5. The van der Waals surface area contributed by atoms with Crippen molar-refractivity contribution in [3.63, 3.8) is 0 Å². The summed E-state index contributed by atoms with van der Waals surface area (Å²) in [6, 6.07) is 11.7. The Labute approximate surface area is 173 Å². The number of aryl methyl sites for hydroxylation is 1. The Balaban J connectivity index is 1.69. The molecular formula is C22H25NO7. The number of carboxylic acid groups (broad SMARTS) is 1. The molecule has 5 N–H and O–H groups in total. The molecule has 1 aliphatic heterocycles. The van der Waals surface area contributed by atoms with E-state index in [0.717, 1.165) is 5.56 Å². The standard InChI is InChI=1S/C22H25NO7/c24-11-1-2-14-3-5-16(6-4-14)19(20(26)27)23-21(28)22(29)12-18(30-13-22)15-7-9-17(25)10-8-15/h3-10,18-19,24-25,29H,1-2,11-13H2,(H,23,28)(H,26,27)/t18-,19+,22-/m1/s1. The van der Waals surface area contributed by atoms with E-state index in [1.165, 1.54) is 12.1 Å². The number of nitrogens with one attached hydrogen (secondary N) is 1. The molecule has 1 heterocycles. The van der Waals surface area contributed by atoms with Gasteiger partial charge in [0.25, 0.3) is 5.91 Å². The third kappa shape index (κ3) is 4.96. The lowest BCUT2D eigenvalue weighted by Gasteiger charge is -2.23. The zero-order valence-electron chi connectivity index (χ0n) is 16.3. The monoisotopic (exact) mass is 415 g/mol. The molecule has 2 aromatic rings. The largest absolute Gasteiger partial charge is 0.508 e. The molecule has 8 nitrogen and oxygen atoms in total. The number of carboxylic acids is 1. The summed E-state index contributed by atoms with van der Waals surface area (Å²) in [5.74, 6) is -1.97. The van der Waals surface area contributed by atoms with Crippen LogP contribution in [0.2, 0.25) is 0 Å². The van der Waals surface area contributed by atoms with Crippen LogP contribution >= 0.6 is 0 Å². The highest BCUT2D eigenvalue weighted by atomic mass is 16.5. The summed E-state index contributed by atoms with van der Waals surface area (Å²) in [6.45, 7) is -0.196. The fourth-order valence-electron chi connectivity index (χ4n) is 3.44. The molecule has 3 rings (SSSR count). The van der Waals surface area contributed by atoms with Crippen molar-refractivity contribution in [2.75, 3.05) is 13.2 Å². The van der Waals surface area contributed by atoms with Crippen LogP contribution in [0.1, 0.15) is 41.7 Å². The van der Waals surface area contributed by atoms with Crippen molar-refractivity contribution in [3.8, 4) is 5.75 Å². The van der Waals surface area contributed by atoms with Gasteiger partial charge >= 0.3 is 5.97 Å². The molecule has 0 bridgehead atoms. The van der Waals surface area contributed by atoms with E-state index in [0.29, 0.717) is 24.0 Å². The first-order valence-electron chi connectivity index (χ1n) is 9.69. The Hall–Kier alpha value is -2.94. The van der Waals surface area contributed by atoms with Gasteiger partial charge in [0, 0.05) is 13.0 Å². The normalized spacial score (nSPS) is 21.9. The SMILES string of the molecule is O=C(O)[C@@H](NC(=O)[C@]1(O)CO[C@@H](c2ccc(O)cc2)C1)c1ccc(CCCO)cc1. The topological polar surface area (TPSA) is 136 Å². The molecule has 30 heavy (non-hydrogen) atoms.